The summed E-state index contributed by atoms with van der Waals surface area (Å²) in [4.78, 5) is 25.5. The van der Waals surface area contributed by atoms with Crippen LogP contribution in [0.15, 0.2) is 42.5 Å². The van der Waals surface area contributed by atoms with Crippen molar-refractivity contribution in [3.05, 3.63) is 64.2 Å². The second kappa shape index (κ2) is 9.27. The number of rotatable bonds is 7. The Labute approximate surface area is 202 Å². The topological polar surface area (TPSA) is 96.3 Å². The lowest BCUT2D eigenvalue weighted by Gasteiger charge is -2.23. The summed E-state index contributed by atoms with van der Waals surface area (Å²) in [5.41, 5.74) is 0.0932. The summed E-state index contributed by atoms with van der Waals surface area (Å²) < 4.78 is 50.0. The predicted molar refractivity (Wildman–Crippen MR) is 121 cm³/mol. The third-order valence-electron chi connectivity index (χ3n) is 5.39. The van der Waals surface area contributed by atoms with E-state index in [9.17, 15) is 27.9 Å². The molecule has 4 rings (SSSR count). The van der Waals surface area contributed by atoms with Crippen LogP contribution in [-0.4, -0.2) is 41.5 Å². The lowest BCUT2D eigenvalue weighted by molar-refractivity contribution is -0.153. The van der Waals surface area contributed by atoms with Gasteiger partial charge in [-0.2, -0.15) is 13.2 Å². The van der Waals surface area contributed by atoms with Gasteiger partial charge in [0.1, 0.15) is 11.5 Å². The number of alkyl halides is 3. The molecule has 2 N–H and O–H groups in total. The summed E-state index contributed by atoms with van der Waals surface area (Å²) in [5.74, 6) is -2.12. The number of halogens is 4. The maximum atomic E-state index is 13.6. The Morgan fingerprint density at radius 2 is 1.77 bits per heavy atom. The van der Waals surface area contributed by atoms with Crippen molar-refractivity contribution in [3.8, 4) is 11.5 Å². The van der Waals surface area contributed by atoms with Crippen LogP contribution in [0, 0.1) is 0 Å². The lowest BCUT2D eigenvalue weighted by atomic mass is 9.98. The molecule has 0 saturated heterocycles. The Kier molecular flexibility index (Phi) is 6.52. The number of benzene rings is 3. The number of carboxylic acid groups (broad SMARTS) is 1. The first-order valence-electron chi connectivity index (χ1n) is 10.5. The van der Waals surface area contributed by atoms with Crippen LogP contribution >= 0.6 is 11.6 Å². The first-order valence-corrected chi connectivity index (χ1v) is 10.8. The van der Waals surface area contributed by atoms with Crippen LogP contribution < -0.4 is 14.4 Å². The van der Waals surface area contributed by atoms with Gasteiger partial charge in [-0.25, -0.2) is 0 Å². The summed E-state index contributed by atoms with van der Waals surface area (Å²) in [6.07, 6.45) is -6.64. The minimum atomic E-state index is -4.67. The average Bonchev–Trinajstić information content (AvgIpc) is 3.03. The molecule has 1 heterocycles. The molecule has 0 fully saturated rings. The van der Waals surface area contributed by atoms with E-state index in [1.807, 2.05) is 0 Å². The van der Waals surface area contributed by atoms with Gasteiger partial charge in [0.25, 0.3) is 5.91 Å². The van der Waals surface area contributed by atoms with Crippen molar-refractivity contribution in [1.82, 2.24) is 0 Å². The number of aliphatic carboxylic acids is 1. The molecule has 0 aromatic heterocycles. The molecule has 184 valence electrons. The van der Waals surface area contributed by atoms with Crippen molar-refractivity contribution in [2.45, 2.75) is 25.7 Å². The molecule has 7 nitrogen and oxygen atoms in total. The van der Waals surface area contributed by atoms with Gasteiger partial charge in [-0.15, -0.1) is 0 Å². The zero-order valence-corrected chi connectivity index (χ0v) is 19.0. The Bertz CT molecular complexity index is 1330. The van der Waals surface area contributed by atoms with Gasteiger partial charge in [-0.3, -0.25) is 14.5 Å². The van der Waals surface area contributed by atoms with Crippen molar-refractivity contribution in [2.24, 2.45) is 0 Å². The fourth-order valence-electron chi connectivity index (χ4n) is 4.09. The van der Waals surface area contributed by atoms with Crippen LogP contribution in [0.1, 0.15) is 34.6 Å². The summed E-state index contributed by atoms with van der Waals surface area (Å²) in [7, 11) is 0. The number of aliphatic hydroxyl groups is 1. The number of hydrogen-bond acceptors (Lipinski definition) is 5. The summed E-state index contributed by atoms with van der Waals surface area (Å²) in [6, 6.07) is 10.5. The Morgan fingerprint density at radius 1 is 1.11 bits per heavy atom. The molecule has 3 aromatic carbocycles. The fourth-order valence-corrected chi connectivity index (χ4v) is 4.38. The van der Waals surface area contributed by atoms with Gasteiger partial charge in [-0.05, 0) is 24.6 Å². The first-order chi connectivity index (χ1) is 16.5. The van der Waals surface area contributed by atoms with E-state index >= 15 is 0 Å². The van der Waals surface area contributed by atoms with E-state index < -0.39 is 30.9 Å². The summed E-state index contributed by atoms with van der Waals surface area (Å²) in [6.45, 7) is 0.199. The molecule has 35 heavy (non-hydrogen) atoms. The molecule has 1 aliphatic rings. The molecule has 0 spiro atoms. The molecule has 1 unspecified atom stereocenters. The van der Waals surface area contributed by atoms with E-state index in [2.05, 4.69) is 0 Å². The van der Waals surface area contributed by atoms with Crippen molar-refractivity contribution < 1.29 is 42.4 Å². The fraction of sp³-hybridized carbons (Fsp3) is 0.250. The molecule has 1 amide bonds. The number of aliphatic hydroxyl groups excluding tert-OH is 1. The van der Waals surface area contributed by atoms with Gasteiger partial charge in [0, 0.05) is 10.8 Å². The number of amides is 1. The molecule has 0 radical (unpaired) electrons. The summed E-state index contributed by atoms with van der Waals surface area (Å²) in [5, 5.41) is 20.8. The SMILES string of the molecule is CCOc1c2c(c(OCC(F)(F)F)c3ccccc13)C(=O)N(c1ccc(CC(=O)O)cc1Cl)C2O. The smallest absolute Gasteiger partial charge is 0.422 e. The maximum Gasteiger partial charge on any atom is 0.422 e. The minimum Gasteiger partial charge on any atom is -0.493 e. The van der Waals surface area contributed by atoms with Gasteiger partial charge in [-0.1, -0.05) is 41.9 Å². The molecule has 0 aliphatic carbocycles. The van der Waals surface area contributed by atoms with E-state index in [4.69, 9.17) is 26.2 Å². The number of fused-ring (bicyclic) bond motifs is 2. The van der Waals surface area contributed by atoms with Crippen LogP contribution in [0.5, 0.6) is 11.5 Å². The number of carbonyl (C=O) groups excluding carboxylic acids is 1. The number of anilines is 1. The maximum absolute atomic E-state index is 13.6. The standard InChI is InChI=1S/C24H19ClF3NO6/c1-2-34-20-13-5-3-4-6-14(13)21(35-11-24(26,27)28)19-18(20)22(32)29(23(19)33)16-8-7-12(9-15(16)25)10-17(30)31/h3-9,22,32H,2,10-11H2,1H3,(H,30,31). The highest BCUT2D eigenvalue weighted by molar-refractivity contribution is 6.34. The monoisotopic (exact) mass is 509 g/mol. The number of carbonyl (C=O) groups is 2. The Balaban J connectivity index is 1.92. The number of hydrogen-bond donors (Lipinski definition) is 2. The Morgan fingerprint density at radius 3 is 2.34 bits per heavy atom. The first kappa shape index (κ1) is 24.6. The van der Waals surface area contributed by atoms with E-state index in [0.29, 0.717) is 10.9 Å². The van der Waals surface area contributed by atoms with E-state index in [1.54, 1.807) is 25.1 Å². The largest absolute Gasteiger partial charge is 0.493 e. The quantitative estimate of drug-likeness (QED) is 0.459. The van der Waals surface area contributed by atoms with Gasteiger partial charge < -0.3 is 19.7 Å². The predicted octanol–water partition coefficient (Wildman–Crippen LogP) is 5.11. The summed E-state index contributed by atoms with van der Waals surface area (Å²) >= 11 is 6.32. The molecule has 1 atom stereocenters. The third kappa shape index (κ3) is 4.59. The van der Waals surface area contributed by atoms with Gasteiger partial charge in [0.05, 0.1) is 34.9 Å². The minimum absolute atomic E-state index is 0.0239. The zero-order chi connectivity index (χ0) is 25.5. The molecule has 1 aliphatic heterocycles. The van der Waals surface area contributed by atoms with Gasteiger partial charge in [0.15, 0.2) is 12.8 Å². The van der Waals surface area contributed by atoms with Crippen LogP contribution in [0.25, 0.3) is 10.8 Å². The molecule has 11 heteroatoms. The highest BCUT2D eigenvalue weighted by Crippen LogP contribution is 2.51. The van der Waals surface area contributed by atoms with Crippen LogP contribution in [0.4, 0.5) is 18.9 Å². The molecule has 3 aromatic rings. The van der Waals surface area contributed by atoms with Crippen LogP contribution in [0.3, 0.4) is 0 Å². The van der Waals surface area contributed by atoms with Crippen molar-refractivity contribution in [1.29, 1.82) is 0 Å². The van der Waals surface area contributed by atoms with E-state index in [0.717, 1.165) is 4.90 Å². The van der Waals surface area contributed by atoms with Gasteiger partial charge >= 0.3 is 12.1 Å². The second-order valence-electron chi connectivity index (χ2n) is 7.73. The number of carboxylic acids is 1. The average molecular weight is 510 g/mol. The molecule has 0 saturated carbocycles. The van der Waals surface area contributed by atoms with Gasteiger partial charge in [0.2, 0.25) is 0 Å². The highest BCUT2D eigenvalue weighted by atomic mass is 35.5. The lowest BCUT2D eigenvalue weighted by Crippen LogP contribution is -2.28. The number of ether oxygens (including phenoxy) is 2. The van der Waals surface area contributed by atoms with Crippen molar-refractivity contribution >= 4 is 39.9 Å². The molecular formula is C24H19ClF3NO6. The molecular weight excluding hydrogens is 491 g/mol. The van der Waals surface area contributed by atoms with E-state index in [-0.39, 0.29) is 51.7 Å². The normalized spacial score (nSPS) is 15.4. The van der Waals surface area contributed by atoms with E-state index in [1.165, 1.54) is 24.3 Å². The van der Waals surface area contributed by atoms with Crippen LogP contribution in [-0.2, 0) is 11.2 Å². The van der Waals surface area contributed by atoms with Crippen molar-refractivity contribution in [2.75, 3.05) is 18.1 Å². The highest BCUT2D eigenvalue weighted by Gasteiger charge is 2.44. The third-order valence-corrected chi connectivity index (χ3v) is 5.69. The number of nitrogens with zero attached hydrogens (tertiary/aromatic N) is 1. The Hall–Kier alpha value is -3.50. The van der Waals surface area contributed by atoms with Crippen LogP contribution in [0.2, 0.25) is 5.02 Å². The van der Waals surface area contributed by atoms with Crippen molar-refractivity contribution in [3.63, 3.8) is 0 Å². The zero-order valence-electron chi connectivity index (χ0n) is 18.2. The second-order valence-corrected chi connectivity index (χ2v) is 8.14. The molecule has 0 bridgehead atoms.